The molecule has 0 bridgehead atoms. The molecule has 2 aromatic rings. The number of carbonyl (C=O) groups is 2. The quantitative estimate of drug-likeness (QED) is 0.732. The van der Waals surface area contributed by atoms with Crippen molar-refractivity contribution in [2.75, 3.05) is 11.1 Å². The van der Waals surface area contributed by atoms with E-state index in [0.717, 1.165) is 4.90 Å². The molecule has 0 atom stereocenters. The van der Waals surface area contributed by atoms with Crippen LogP contribution in [0.15, 0.2) is 47.6 Å². The fourth-order valence-corrected chi connectivity index (χ4v) is 2.25. The molecule has 1 heterocycles. The summed E-state index contributed by atoms with van der Waals surface area (Å²) in [5.41, 5.74) is 0.136. The van der Waals surface area contributed by atoms with Gasteiger partial charge in [0.15, 0.2) is 0 Å². The number of aromatic nitrogens is 1. The van der Waals surface area contributed by atoms with E-state index in [2.05, 4.69) is 10.3 Å². The van der Waals surface area contributed by atoms with Crippen molar-refractivity contribution in [2.45, 2.75) is 4.90 Å². The van der Waals surface area contributed by atoms with E-state index in [1.807, 2.05) is 0 Å². The van der Waals surface area contributed by atoms with Crippen LogP contribution in [0.3, 0.4) is 0 Å². The molecule has 3 N–H and O–H groups in total. The summed E-state index contributed by atoms with van der Waals surface area (Å²) < 4.78 is 0. The molecular formula is C14H12N2O4S. The summed E-state index contributed by atoms with van der Waals surface area (Å²) in [6.45, 7) is 0. The fraction of sp³-hybridized carbons (Fsp3) is 0.0714. The highest BCUT2D eigenvalue weighted by molar-refractivity contribution is 8.00. The van der Waals surface area contributed by atoms with E-state index in [-0.39, 0.29) is 23.0 Å². The Morgan fingerprint density at radius 2 is 1.90 bits per heavy atom. The number of carbonyl (C=O) groups excluding carboxylic acids is 1. The van der Waals surface area contributed by atoms with Crippen molar-refractivity contribution < 1.29 is 19.8 Å². The van der Waals surface area contributed by atoms with Gasteiger partial charge in [0.2, 0.25) is 5.91 Å². The molecule has 6 nitrogen and oxygen atoms in total. The van der Waals surface area contributed by atoms with Gasteiger partial charge in [-0.05, 0) is 24.3 Å². The number of nitrogens with one attached hydrogen (secondary N) is 1. The maximum absolute atomic E-state index is 11.8. The molecule has 0 radical (unpaired) electrons. The lowest BCUT2D eigenvalue weighted by atomic mass is 10.2. The summed E-state index contributed by atoms with van der Waals surface area (Å²) in [5.74, 6) is -1.66. The second kappa shape index (κ2) is 6.76. The third-order valence-electron chi connectivity index (χ3n) is 2.53. The van der Waals surface area contributed by atoms with Crippen LogP contribution in [0.25, 0.3) is 0 Å². The first-order chi connectivity index (χ1) is 10.1. The highest BCUT2D eigenvalue weighted by atomic mass is 32.2. The van der Waals surface area contributed by atoms with Crippen LogP contribution < -0.4 is 5.32 Å². The van der Waals surface area contributed by atoms with E-state index in [4.69, 9.17) is 5.11 Å². The summed E-state index contributed by atoms with van der Waals surface area (Å²) in [6.07, 6.45) is 3.28. The number of carboxylic acids is 1. The molecule has 1 aromatic heterocycles. The van der Waals surface area contributed by atoms with Gasteiger partial charge in [0.05, 0.1) is 5.75 Å². The third-order valence-corrected chi connectivity index (χ3v) is 3.54. The molecule has 0 saturated heterocycles. The van der Waals surface area contributed by atoms with Crippen LogP contribution in [-0.2, 0) is 4.79 Å². The molecule has 0 saturated carbocycles. The molecule has 0 aliphatic carbocycles. The Hall–Kier alpha value is -2.54. The second-order valence-electron chi connectivity index (χ2n) is 4.06. The number of amides is 1. The lowest BCUT2D eigenvalue weighted by Gasteiger charge is -2.07. The second-order valence-corrected chi connectivity index (χ2v) is 5.11. The maximum Gasteiger partial charge on any atom is 0.339 e. The molecule has 0 spiro atoms. The van der Waals surface area contributed by atoms with E-state index in [1.54, 1.807) is 24.5 Å². The van der Waals surface area contributed by atoms with Crippen molar-refractivity contribution in [1.29, 1.82) is 0 Å². The van der Waals surface area contributed by atoms with Crippen LogP contribution in [0.1, 0.15) is 10.4 Å². The van der Waals surface area contributed by atoms with Gasteiger partial charge in [-0.25, -0.2) is 4.79 Å². The maximum atomic E-state index is 11.8. The van der Waals surface area contributed by atoms with Gasteiger partial charge in [-0.3, -0.25) is 9.78 Å². The van der Waals surface area contributed by atoms with Crippen LogP contribution >= 0.6 is 11.8 Å². The number of pyridine rings is 1. The molecule has 7 heteroatoms. The Kier molecular flexibility index (Phi) is 4.78. The van der Waals surface area contributed by atoms with Crippen molar-refractivity contribution in [1.82, 2.24) is 4.98 Å². The van der Waals surface area contributed by atoms with E-state index in [1.165, 1.54) is 30.0 Å². The van der Waals surface area contributed by atoms with E-state index >= 15 is 0 Å². The average Bonchev–Trinajstić information content (AvgIpc) is 2.46. The average molecular weight is 304 g/mol. The lowest BCUT2D eigenvalue weighted by molar-refractivity contribution is -0.113. The first-order valence-corrected chi connectivity index (χ1v) is 6.94. The fourth-order valence-electron chi connectivity index (χ4n) is 1.57. The van der Waals surface area contributed by atoms with Gasteiger partial charge in [-0.15, -0.1) is 11.8 Å². The molecule has 0 fully saturated rings. The molecule has 0 unspecified atom stereocenters. The van der Waals surface area contributed by atoms with E-state index in [9.17, 15) is 14.7 Å². The van der Waals surface area contributed by atoms with Crippen LogP contribution in [0.4, 0.5) is 5.69 Å². The number of rotatable bonds is 5. The summed E-state index contributed by atoms with van der Waals surface area (Å²) >= 11 is 1.35. The van der Waals surface area contributed by atoms with Crippen molar-refractivity contribution in [3.05, 3.63) is 48.3 Å². The van der Waals surface area contributed by atoms with Crippen LogP contribution in [-0.4, -0.2) is 32.8 Å². The number of benzene rings is 1. The Bertz CT molecular complexity index is 661. The number of phenols is 1. The first-order valence-electron chi connectivity index (χ1n) is 5.95. The molecule has 108 valence electrons. The van der Waals surface area contributed by atoms with Crippen LogP contribution in [0.2, 0.25) is 0 Å². The largest absolute Gasteiger partial charge is 0.507 e. The van der Waals surface area contributed by atoms with Gasteiger partial charge < -0.3 is 15.5 Å². The predicted octanol–water partition coefficient (Wildman–Crippen LogP) is 2.22. The van der Waals surface area contributed by atoms with Gasteiger partial charge in [-0.2, -0.15) is 0 Å². The van der Waals surface area contributed by atoms with Crippen molar-refractivity contribution in [3.63, 3.8) is 0 Å². The van der Waals surface area contributed by atoms with Crippen molar-refractivity contribution in [3.8, 4) is 5.75 Å². The lowest BCUT2D eigenvalue weighted by Crippen LogP contribution is -2.14. The smallest absolute Gasteiger partial charge is 0.339 e. The standard InChI is InChI=1S/C14H12N2O4S/c17-12-7-9(1-2-11(12)14(19)20)16-13(18)8-21-10-3-5-15-6-4-10/h1-7,17H,8H2,(H,16,18)(H,19,20). The normalized spacial score (nSPS) is 10.1. The van der Waals surface area contributed by atoms with Crippen molar-refractivity contribution >= 4 is 29.3 Å². The van der Waals surface area contributed by atoms with E-state index in [0.29, 0.717) is 5.69 Å². The molecule has 1 amide bonds. The minimum absolute atomic E-state index is 0.200. The first kappa shape index (κ1) is 14.9. The molecule has 2 rings (SSSR count). The van der Waals surface area contributed by atoms with Gasteiger partial charge in [0.1, 0.15) is 11.3 Å². The number of hydrogen-bond donors (Lipinski definition) is 3. The SMILES string of the molecule is O=C(CSc1ccncc1)Nc1ccc(C(=O)O)c(O)c1. The monoisotopic (exact) mass is 304 g/mol. The number of nitrogens with zero attached hydrogens (tertiary/aromatic N) is 1. The predicted molar refractivity (Wildman–Crippen MR) is 78.7 cm³/mol. The summed E-state index contributed by atoms with van der Waals surface area (Å²) in [7, 11) is 0. The highest BCUT2D eigenvalue weighted by Gasteiger charge is 2.11. The summed E-state index contributed by atoms with van der Waals surface area (Å²) in [4.78, 5) is 27.3. The zero-order valence-electron chi connectivity index (χ0n) is 10.8. The molecule has 21 heavy (non-hydrogen) atoms. The minimum atomic E-state index is -1.22. The van der Waals surface area contributed by atoms with Gasteiger partial charge in [0.25, 0.3) is 0 Å². The van der Waals surface area contributed by atoms with Gasteiger partial charge in [-0.1, -0.05) is 0 Å². The van der Waals surface area contributed by atoms with Crippen LogP contribution in [0.5, 0.6) is 5.75 Å². The van der Waals surface area contributed by atoms with Gasteiger partial charge >= 0.3 is 5.97 Å². The number of hydrogen-bond acceptors (Lipinski definition) is 5. The topological polar surface area (TPSA) is 99.5 Å². The number of carboxylic acid groups (broad SMARTS) is 1. The summed E-state index contributed by atoms with van der Waals surface area (Å²) in [5, 5.41) is 20.9. The molecule has 0 aliphatic heterocycles. The molecule has 1 aromatic carbocycles. The molecular weight excluding hydrogens is 292 g/mol. The third kappa shape index (κ3) is 4.22. The Morgan fingerprint density at radius 1 is 1.19 bits per heavy atom. The number of anilines is 1. The number of aromatic carboxylic acids is 1. The number of thioether (sulfide) groups is 1. The number of aromatic hydroxyl groups is 1. The Morgan fingerprint density at radius 3 is 2.52 bits per heavy atom. The summed E-state index contributed by atoms with van der Waals surface area (Å²) in [6, 6.07) is 7.47. The van der Waals surface area contributed by atoms with Gasteiger partial charge in [0, 0.05) is 29.0 Å². The Balaban J connectivity index is 1.94. The Labute approximate surface area is 124 Å². The van der Waals surface area contributed by atoms with E-state index < -0.39 is 5.97 Å². The zero-order chi connectivity index (χ0) is 15.2. The molecule has 0 aliphatic rings. The zero-order valence-corrected chi connectivity index (χ0v) is 11.6. The van der Waals surface area contributed by atoms with Crippen molar-refractivity contribution in [2.24, 2.45) is 0 Å². The highest BCUT2D eigenvalue weighted by Crippen LogP contribution is 2.22. The minimum Gasteiger partial charge on any atom is -0.507 e. The van der Waals surface area contributed by atoms with Crippen LogP contribution in [0, 0.1) is 0 Å².